The second-order valence-corrected chi connectivity index (χ2v) is 6.44. The van der Waals surface area contributed by atoms with E-state index >= 15 is 0 Å². The highest BCUT2D eigenvalue weighted by atomic mass is 79.9. The van der Waals surface area contributed by atoms with E-state index in [-0.39, 0.29) is 16.8 Å². The van der Waals surface area contributed by atoms with Gasteiger partial charge in [-0.3, -0.25) is 5.10 Å². The van der Waals surface area contributed by atoms with Gasteiger partial charge in [0, 0.05) is 11.1 Å². The van der Waals surface area contributed by atoms with Gasteiger partial charge in [-0.1, -0.05) is 23.2 Å². The van der Waals surface area contributed by atoms with Crippen molar-refractivity contribution in [3.05, 3.63) is 43.5 Å². The number of allylic oxidation sites excluding steroid dienone is 1. The van der Waals surface area contributed by atoms with Crippen LogP contribution in [-0.4, -0.2) is 16.4 Å². The number of benzene rings is 1. The fourth-order valence-corrected chi connectivity index (χ4v) is 2.86. The van der Waals surface area contributed by atoms with Crippen LogP contribution in [0.4, 0.5) is 26.3 Å². The first-order chi connectivity index (χ1) is 11.9. The molecule has 0 bridgehead atoms. The second-order valence-electron chi connectivity index (χ2n) is 4.78. The van der Waals surface area contributed by atoms with E-state index in [1.807, 2.05) is 0 Å². The molecule has 1 aromatic heterocycles. The molecule has 2 rings (SSSR count). The van der Waals surface area contributed by atoms with E-state index in [2.05, 4.69) is 26.1 Å². The van der Waals surface area contributed by atoms with Gasteiger partial charge in [0.2, 0.25) is 0 Å². The average molecular weight is 479 g/mol. The number of nitrogens with one attached hydrogen (secondary N) is 1. The molecule has 0 aliphatic heterocycles. The SMILES string of the molecule is N#Cc1n[nH]c(-c2c(Cl)cc(C(F)(F)F)cc2Cl)c1/C=C(/Br)C(F)(F)F. The molecule has 3 nitrogen and oxygen atoms in total. The van der Waals surface area contributed by atoms with Gasteiger partial charge in [0.05, 0.1) is 25.8 Å². The number of aromatic nitrogens is 2. The molecule has 1 heterocycles. The summed E-state index contributed by atoms with van der Waals surface area (Å²) in [6.45, 7) is 0. The Hall–Kier alpha value is -1.70. The monoisotopic (exact) mass is 477 g/mol. The molecule has 0 aliphatic carbocycles. The van der Waals surface area contributed by atoms with Crippen LogP contribution in [0.1, 0.15) is 16.8 Å². The molecule has 26 heavy (non-hydrogen) atoms. The van der Waals surface area contributed by atoms with Crippen LogP contribution in [0.15, 0.2) is 16.6 Å². The highest BCUT2D eigenvalue weighted by molar-refractivity contribution is 9.11. The lowest BCUT2D eigenvalue weighted by atomic mass is 10.0. The van der Waals surface area contributed by atoms with E-state index in [1.54, 1.807) is 6.07 Å². The van der Waals surface area contributed by atoms with E-state index in [0.717, 1.165) is 0 Å². The van der Waals surface area contributed by atoms with Crippen LogP contribution in [0.3, 0.4) is 0 Å². The Morgan fingerprint density at radius 3 is 2.12 bits per heavy atom. The van der Waals surface area contributed by atoms with Crippen molar-refractivity contribution in [2.24, 2.45) is 0 Å². The number of nitriles is 1. The third kappa shape index (κ3) is 4.16. The fourth-order valence-electron chi connectivity index (χ4n) is 1.95. The van der Waals surface area contributed by atoms with Crippen molar-refractivity contribution in [3.8, 4) is 17.3 Å². The molecule has 0 unspecified atom stereocenters. The van der Waals surface area contributed by atoms with Crippen molar-refractivity contribution in [2.45, 2.75) is 12.4 Å². The quantitative estimate of drug-likeness (QED) is 0.496. The number of aromatic amines is 1. The maximum absolute atomic E-state index is 12.8. The molecule has 1 N–H and O–H groups in total. The number of H-pyrrole nitrogens is 1. The highest BCUT2D eigenvalue weighted by Gasteiger charge is 2.34. The van der Waals surface area contributed by atoms with Gasteiger partial charge in [-0.05, 0) is 34.1 Å². The first kappa shape index (κ1) is 20.6. The highest BCUT2D eigenvalue weighted by Crippen LogP contribution is 2.42. The minimum Gasteiger partial charge on any atom is -0.276 e. The van der Waals surface area contributed by atoms with Crippen molar-refractivity contribution in [3.63, 3.8) is 0 Å². The zero-order chi connectivity index (χ0) is 19.9. The molecular formula is C14H4BrCl2F6N3. The molecule has 0 saturated heterocycles. The van der Waals surface area contributed by atoms with E-state index in [0.29, 0.717) is 18.2 Å². The van der Waals surface area contributed by atoms with E-state index in [1.165, 1.54) is 0 Å². The largest absolute Gasteiger partial charge is 0.422 e. The molecule has 0 atom stereocenters. The van der Waals surface area contributed by atoms with Crippen LogP contribution in [0.5, 0.6) is 0 Å². The Bertz CT molecular complexity index is 901. The summed E-state index contributed by atoms with van der Waals surface area (Å²) in [7, 11) is 0. The smallest absolute Gasteiger partial charge is 0.276 e. The summed E-state index contributed by atoms with van der Waals surface area (Å²) in [6, 6.07) is 2.72. The van der Waals surface area contributed by atoms with Crippen LogP contribution in [0, 0.1) is 11.3 Å². The predicted octanol–water partition coefficient (Wildman–Crippen LogP) is 6.57. The van der Waals surface area contributed by atoms with Crippen molar-refractivity contribution in [1.29, 1.82) is 5.26 Å². The van der Waals surface area contributed by atoms with Crippen molar-refractivity contribution >= 4 is 45.2 Å². The van der Waals surface area contributed by atoms with E-state index in [9.17, 15) is 26.3 Å². The molecule has 0 fully saturated rings. The summed E-state index contributed by atoms with van der Waals surface area (Å²) >= 11 is 14.0. The molecule has 0 spiro atoms. The van der Waals surface area contributed by atoms with Gasteiger partial charge in [0.25, 0.3) is 0 Å². The Labute approximate surface area is 160 Å². The molecular weight excluding hydrogens is 475 g/mol. The lowest BCUT2D eigenvalue weighted by Gasteiger charge is -2.12. The van der Waals surface area contributed by atoms with Gasteiger partial charge in [-0.15, -0.1) is 0 Å². The van der Waals surface area contributed by atoms with Gasteiger partial charge in [0.1, 0.15) is 6.07 Å². The lowest BCUT2D eigenvalue weighted by Crippen LogP contribution is -2.06. The maximum atomic E-state index is 12.8. The van der Waals surface area contributed by atoms with Crippen molar-refractivity contribution in [1.82, 2.24) is 10.2 Å². The van der Waals surface area contributed by atoms with Gasteiger partial charge in [0.15, 0.2) is 5.69 Å². The standard InChI is InChI=1S/C14H4BrCl2F6N3/c15-10(14(21,22)23)3-6-9(4-24)25-26-12(6)11-7(16)1-5(2-8(11)17)13(18,19)20/h1-3H,(H,25,26)/b10-3+. The minimum absolute atomic E-state index is 0.218. The second kappa shape index (κ2) is 7.13. The zero-order valence-corrected chi connectivity index (χ0v) is 15.1. The Kier molecular flexibility index (Phi) is 5.66. The summed E-state index contributed by atoms with van der Waals surface area (Å²) in [5, 5.41) is 13.9. The number of hydrogen-bond donors (Lipinski definition) is 1. The molecule has 0 aliphatic rings. The van der Waals surface area contributed by atoms with Gasteiger partial charge in [-0.25, -0.2) is 0 Å². The van der Waals surface area contributed by atoms with E-state index in [4.69, 9.17) is 28.5 Å². The molecule has 138 valence electrons. The molecule has 12 heteroatoms. The summed E-state index contributed by atoms with van der Waals surface area (Å²) in [5.41, 5.74) is -2.34. The number of alkyl halides is 6. The van der Waals surface area contributed by atoms with Crippen LogP contribution in [0.2, 0.25) is 10.0 Å². The molecule has 0 saturated carbocycles. The molecule has 2 aromatic rings. The molecule has 0 radical (unpaired) electrons. The maximum Gasteiger partial charge on any atom is 0.422 e. The fraction of sp³-hybridized carbons (Fsp3) is 0.143. The Morgan fingerprint density at radius 1 is 1.15 bits per heavy atom. The summed E-state index contributed by atoms with van der Waals surface area (Å²) in [4.78, 5) is 0. The normalized spacial score (nSPS) is 13.0. The zero-order valence-electron chi connectivity index (χ0n) is 12.0. The average Bonchev–Trinajstić information content (AvgIpc) is 2.87. The van der Waals surface area contributed by atoms with Crippen molar-refractivity contribution < 1.29 is 26.3 Å². The summed E-state index contributed by atoms with van der Waals surface area (Å²) < 4.78 is 75.4. The van der Waals surface area contributed by atoms with Crippen LogP contribution >= 0.6 is 39.1 Å². The summed E-state index contributed by atoms with van der Waals surface area (Å²) in [5.74, 6) is 0. The number of halogens is 9. The summed E-state index contributed by atoms with van der Waals surface area (Å²) in [6.07, 6.45) is -8.92. The number of rotatable bonds is 2. The van der Waals surface area contributed by atoms with Crippen LogP contribution < -0.4 is 0 Å². The third-order valence-corrected chi connectivity index (χ3v) is 4.35. The Balaban J connectivity index is 2.72. The first-order valence-corrected chi connectivity index (χ1v) is 7.90. The van der Waals surface area contributed by atoms with Crippen LogP contribution in [-0.2, 0) is 6.18 Å². The van der Waals surface area contributed by atoms with Crippen LogP contribution in [0.25, 0.3) is 17.3 Å². The van der Waals surface area contributed by atoms with Gasteiger partial charge in [-0.2, -0.15) is 36.7 Å². The molecule has 1 aromatic carbocycles. The topological polar surface area (TPSA) is 52.5 Å². The predicted molar refractivity (Wildman–Crippen MR) is 86.7 cm³/mol. The number of nitrogens with zero attached hydrogens (tertiary/aromatic N) is 2. The third-order valence-electron chi connectivity index (χ3n) is 3.07. The lowest BCUT2D eigenvalue weighted by molar-refractivity contribution is -0.137. The Morgan fingerprint density at radius 2 is 1.69 bits per heavy atom. The van der Waals surface area contributed by atoms with Gasteiger partial charge < -0.3 is 0 Å². The van der Waals surface area contributed by atoms with Crippen molar-refractivity contribution in [2.75, 3.05) is 0 Å². The number of hydrogen-bond acceptors (Lipinski definition) is 2. The molecule has 0 amide bonds. The van der Waals surface area contributed by atoms with E-state index < -0.39 is 38.1 Å². The minimum atomic E-state index is -4.75. The first-order valence-electron chi connectivity index (χ1n) is 6.35. The van der Waals surface area contributed by atoms with Gasteiger partial charge >= 0.3 is 12.4 Å².